The molecule has 4 aliphatic rings. The van der Waals surface area contributed by atoms with Crippen molar-refractivity contribution in [1.29, 1.82) is 0 Å². The lowest BCUT2D eigenvalue weighted by Gasteiger charge is -2.62. The second-order valence-electron chi connectivity index (χ2n) is 11.1. The Bertz CT molecular complexity index is 552. The van der Waals surface area contributed by atoms with Gasteiger partial charge in [-0.1, -0.05) is 20.8 Å². The molecule has 3 unspecified atom stereocenters. The third kappa shape index (κ3) is 2.93. The van der Waals surface area contributed by atoms with Crippen molar-refractivity contribution in [2.75, 3.05) is 6.61 Å². The highest BCUT2D eigenvalue weighted by Gasteiger charge is 2.63. The summed E-state index contributed by atoms with van der Waals surface area (Å²) in [6.45, 7) is 6.79. The van der Waals surface area contributed by atoms with Crippen LogP contribution in [0.5, 0.6) is 0 Å². The highest BCUT2D eigenvalue weighted by atomic mass is 16.3. The van der Waals surface area contributed by atoms with Crippen molar-refractivity contribution < 1.29 is 20.4 Å². The number of hydrogen-bond acceptors (Lipinski definition) is 4. The van der Waals surface area contributed by atoms with Crippen LogP contribution in [-0.2, 0) is 0 Å². The van der Waals surface area contributed by atoms with Gasteiger partial charge >= 0.3 is 0 Å². The lowest BCUT2D eigenvalue weighted by molar-refractivity contribution is -0.176. The molecule has 0 aromatic rings. The van der Waals surface area contributed by atoms with Crippen LogP contribution in [-0.4, -0.2) is 45.3 Å². The summed E-state index contributed by atoms with van der Waals surface area (Å²) in [4.78, 5) is 0. The predicted molar refractivity (Wildman–Crippen MR) is 105 cm³/mol. The molecule has 4 N–H and O–H groups in total. The normalized spacial score (nSPS) is 54.6. The number of fused-ring (bicyclic) bond motifs is 5. The third-order valence-corrected chi connectivity index (χ3v) is 10.2. The summed E-state index contributed by atoms with van der Waals surface area (Å²) < 4.78 is 0. The van der Waals surface area contributed by atoms with E-state index in [1.54, 1.807) is 0 Å². The Kier molecular flexibility index (Phi) is 5.19. The molecule has 0 bridgehead atoms. The number of aliphatic hydroxyl groups is 4. The van der Waals surface area contributed by atoms with Crippen LogP contribution in [0.3, 0.4) is 0 Å². The molecule has 0 aliphatic heterocycles. The van der Waals surface area contributed by atoms with Crippen molar-refractivity contribution >= 4 is 0 Å². The molecule has 0 aromatic carbocycles. The Labute approximate surface area is 164 Å². The summed E-state index contributed by atoms with van der Waals surface area (Å²) in [7, 11) is 0. The van der Waals surface area contributed by atoms with Gasteiger partial charge in [0.05, 0.1) is 24.9 Å². The molecule has 0 aromatic heterocycles. The van der Waals surface area contributed by atoms with E-state index in [-0.39, 0.29) is 35.6 Å². The predicted octanol–water partition coefficient (Wildman–Crippen LogP) is 2.97. The van der Waals surface area contributed by atoms with Crippen LogP contribution in [0.2, 0.25) is 0 Å². The molecule has 4 saturated carbocycles. The van der Waals surface area contributed by atoms with E-state index in [0.29, 0.717) is 29.6 Å². The van der Waals surface area contributed by atoms with Crippen LogP contribution in [0.4, 0.5) is 0 Å². The third-order valence-electron chi connectivity index (χ3n) is 10.2. The van der Waals surface area contributed by atoms with Gasteiger partial charge in [-0.25, -0.2) is 0 Å². The van der Waals surface area contributed by atoms with Gasteiger partial charge in [0, 0.05) is 0 Å². The fraction of sp³-hybridized carbons (Fsp3) is 1.00. The number of aliphatic hydroxyl groups excluding tert-OH is 4. The minimum atomic E-state index is -0.638. The van der Waals surface area contributed by atoms with Gasteiger partial charge in [-0.3, -0.25) is 0 Å². The Morgan fingerprint density at radius 1 is 0.926 bits per heavy atom. The van der Waals surface area contributed by atoms with Crippen molar-refractivity contribution in [3.63, 3.8) is 0 Å². The van der Waals surface area contributed by atoms with Gasteiger partial charge in [0.2, 0.25) is 0 Å². The van der Waals surface area contributed by atoms with E-state index in [4.69, 9.17) is 0 Å². The molecule has 0 spiro atoms. The number of hydrogen-bond donors (Lipinski definition) is 4. The first kappa shape index (κ1) is 20.1. The first-order valence-corrected chi connectivity index (χ1v) is 11.4. The zero-order valence-electron chi connectivity index (χ0n) is 17.3. The van der Waals surface area contributed by atoms with Gasteiger partial charge in [0.1, 0.15) is 0 Å². The van der Waals surface area contributed by atoms with Gasteiger partial charge in [-0.2, -0.15) is 0 Å². The van der Waals surface area contributed by atoms with E-state index in [0.717, 1.165) is 44.9 Å². The Morgan fingerprint density at radius 3 is 2.30 bits per heavy atom. The van der Waals surface area contributed by atoms with E-state index < -0.39 is 6.10 Å². The lowest BCUT2D eigenvalue weighted by Crippen LogP contribution is -2.58. The van der Waals surface area contributed by atoms with E-state index in [1.807, 2.05) is 0 Å². The molecule has 0 heterocycles. The molecule has 4 aliphatic carbocycles. The summed E-state index contributed by atoms with van der Waals surface area (Å²) in [5.74, 6) is 2.44. The van der Waals surface area contributed by atoms with Crippen molar-refractivity contribution in [3.05, 3.63) is 0 Å². The van der Waals surface area contributed by atoms with Crippen LogP contribution in [0.1, 0.15) is 72.1 Å². The highest BCUT2D eigenvalue weighted by molar-refractivity contribution is 5.12. The molecule has 0 saturated heterocycles. The van der Waals surface area contributed by atoms with Crippen LogP contribution in [0, 0.1) is 46.3 Å². The SMILES string of the molecule is C[C@H](C(O)CO)C1CCC2[C@@H]3[C@H](O)C[C@@H]4C[C@H](O)CC[C@]4(C)[C@H]3CC[C@]12C. The van der Waals surface area contributed by atoms with Crippen molar-refractivity contribution in [1.82, 2.24) is 0 Å². The molecular weight excluding hydrogens is 340 g/mol. The van der Waals surface area contributed by atoms with E-state index in [1.165, 1.54) is 6.42 Å². The molecule has 27 heavy (non-hydrogen) atoms. The van der Waals surface area contributed by atoms with E-state index in [9.17, 15) is 20.4 Å². The maximum absolute atomic E-state index is 11.2. The summed E-state index contributed by atoms with van der Waals surface area (Å²) in [5, 5.41) is 41.1. The van der Waals surface area contributed by atoms with E-state index in [2.05, 4.69) is 20.8 Å². The van der Waals surface area contributed by atoms with Crippen molar-refractivity contribution in [2.45, 2.75) is 90.4 Å². The second kappa shape index (κ2) is 6.97. The van der Waals surface area contributed by atoms with Crippen LogP contribution in [0.25, 0.3) is 0 Å². The van der Waals surface area contributed by atoms with Crippen LogP contribution in [0.15, 0.2) is 0 Å². The molecule has 4 rings (SSSR count). The van der Waals surface area contributed by atoms with Crippen LogP contribution >= 0.6 is 0 Å². The maximum Gasteiger partial charge on any atom is 0.0799 e. The fourth-order valence-electron chi connectivity index (χ4n) is 8.54. The smallest absolute Gasteiger partial charge is 0.0799 e. The van der Waals surface area contributed by atoms with Crippen molar-refractivity contribution in [3.8, 4) is 0 Å². The van der Waals surface area contributed by atoms with Crippen molar-refractivity contribution in [2.24, 2.45) is 46.3 Å². The van der Waals surface area contributed by atoms with E-state index >= 15 is 0 Å². The topological polar surface area (TPSA) is 80.9 Å². The highest BCUT2D eigenvalue weighted by Crippen LogP contribution is 2.68. The second-order valence-corrected chi connectivity index (χ2v) is 11.1. The van der Waals surface area contributed by atoms with Gasteiger partial charge < -0.3 is 20.4 Å². The zero-order chi connectivity index (χ0) is 19.6. The van der Waals surface area contributed by atoms with Gasteiger partial charge in [-0.05, 0) is 97.7 Å². The maximum atomic E-state index is 11.2. The summed E-state index contributed by atoms with van der Waals surface area (Å²) in [6, 6.07) is 0. The number of rotatable bonds is 3. The minimum Gasteiger partial charge on any atom is -0.394 e. The molecule has 4 nitrogen and oxygen atoms in total. The Balaban J connectivity index is 1.61. The summed E-state index contributed by atoms with van der Waals surface area (Å²) in [5.41, 5.74) is 0.424. The van der Waals surface area contributed by atoms with Crippen LogP contribution < -0.4 is 0 Å². The summed E-state index contributed by atoms with van der Waals surface area (Å²) in [6.07, 6.45) is 7.23. The molecular formula is C23H40O4. The molecule has 11 atom stereocenters. The monoisotopic (exact) mass is 380 g/mol. The van der Waals surface area contributed by atoms with Gasteiger partial charge in [0.25, 0.3) is 0 Å². The average molecular weight is 381 g/mol. The lowest BCUT2D eigenvalue weighted by atomic mass is 9.43. The fourth-order valence-corrected chi connectivity index (χ4v) is 8.54. The largest absolute Gasteiger partial charge is 0.394 e. The molecule has 0 radical (unpaired) electrons. The molecule has 156 valence electrons. The van der Waals surface area contributed by atoms with Gasteiger partial charge in [-0.15, -0.1) is 0 Å². The zero-order valence-corrected chi connectivity index (χ0v) is 17.3. The first-order valence-electron chi connectivity index (χ1n) is 11.4. The Morgan fingerprint density at radius 2 is 1.59 bits per heavy atom. The average Bonchev–Trinajstić information content (AvgIpc) is 2.99. The van der Waals surface area contributed by atoms with Gasteiger partial charge in [0.15, 0.2) is 0 Å². The molecule has 0 amide bonds. The summed E-state index contributed by atoms with van der Waals surface area (Å²) >= 11 is 0. The minimum absolute atomic E-state index is 0.107. The first-order chi connectivity index (χ1) is 12.7. The standard InChI is InChI=1S/C23H40O4/c1-13(20(27)12-24)16-4-5-17-21-18(7-9-23(16,17)3)22(2)8-6-15(25)10-14(22)11-19(21)26/h13-21,24-27H,4-12H2,1-3H3/t13-,14-,15+,16?,17?,18-,19+,20?,21-,22-,23+/m0/s1. The Hall–Kier alpha value is -0.160. The quantitative estimate of drug-likeness (QED) is 0.607. The molecule has 4 fully saturated rings. The molecule has 4 heteroatoms.